The second kappa shape index (κ2) is 6.28. The first-order valence-electron chi connectivity index (χ1n) is 7.34. The molecule has 108 valence electrons. The molecule has 0 amide bonds. The van der Waals surface area contributed by atoms with Crippen LogP contribution in [-0.2, 0) is 0 Å². The molecule has 1 aromatic rings. The van der Waals surface area contributed by atoms with Crippen molar-refractivity contribution in [3.63, 3.8) is 0 Å². The molecule has 2 rings (SSSR count). The third-order valence-electron chi connectivity index (χ3n) is 4.36. The van der Waals surface area contributed by atoms with Crippen LogP contribution in [0.5, 0.6) is 0 Å². The summed E-state index contributed by atoms with van der Waals surface area (Å²) in [6, 6.07) is 0.585. The summed E-state index contributed by atoms with van der Waals surface area (Å²) in [6.45, 7) is 10.5. The number of hydrogen-bond donors (Lipinski definition) is 1. The van der Waals surface area contributed by atoms with Gasteiger partial charge in [-0.05, 0) is 69.9 Å². The Kier molecular flexibility index (Phi) is 5.13. The van der Waals surface area contributed by atoms with Crippen LogP contribution >= 0.6 is 27.3 Å². The van der Waals surface area contributed by atoms with Gasteiger partial charge in [-0.3, -0.25) is 0 Å². The smallest absolute Gasteiger partial charge is 0.0317 e. The van der Waals surface area contributed by atoms with E-state index in [0.717, 1.165) is 12.5 Å². The molecular weight excluding hydrogens is 318 g/mol. The maximum atomic E-state index is 3.74. The van der Waals surface area contributed by atoms with Gasteiger partial charge in [0, 0.05) is 15.9 Å². The standard InChI is InChI=1S/C16H26BrNS/c1-11(2)18-8-12-5-6-16(3,4)7-13(12)14-9-19-10-15(14)17/h9-13,18H,5-8H2,1-4H3. The summed E-state index contributed by atoms with van der Waals surface area (Å²) in [5.41, 5.74) is 2.02. The minimum absolute atomic E-state index is 0.486. The molecule has 1 fully saturated rings. The Morgan fingerprint density at radius 2 is 2.16 bits per heavy atom. The molecule has 2 unspecified atom stereocenters. The number of rotatable bonds is 4. The summed E-state index contributed by atoms with van der Waals surface area (Å²) >= 11 is 5.56. The van der Waals surface area contributed by atoms with Crippen LogP contribution in [0.15, 0.2) is 15.2 Å². The highest BCUT2D eigenvalue weighted by Gasteiger charge is 2.36. The zero-order valence-corrected chi connectivity index (χ0v) is 14.9. The second-order valence-electron chi connectivity index (χ2n) is 7.01. The third-order valence-corrected chi connectivity index (χ3v) is 6.12. The van der Waals surface area contributed by atoms with Gasteiger partial charge in [-0.1, -0.05) is 27.7 Å². The van der Waals surface area contributed by atoms with Crippen molar-refractivity contribution < 1.29 is 0 Å². The van der Waals surface area contributed by atoms with Gasteiger partial charge in [-0.25, -0.2) is 0 Å². The molecule has 3 heteroatoms. The van der Waals surface area contributed by atoms with E-state index in [9.17, 15) is 0 Å². The second-order valence-corrected chi connectivity index (χ2v) is 8.61. The molecule has 1 aliphatic rings. The van der Waals surface area contributed by atoms with E-state index in [4.69, 9.17) is 0 Å². The largest absolute Gasteiger partial charge is 0.314 e. The van der Waals surface area contributed by atoms with Gasteiger partial charge in [0.15, 0.2) is 0 Å². The summed E-state index contributed by atoms with van der Waals surface area (Å²) in [6.07, 6.45) is 4.02. The molecule has 0 bridgehead atoms. The lowest BCUT2D eigenvalue weighted by Crippen LogP contribution is -2.37. The molecule has 1 nitrogen and oxygen atoms in total. The Bertz CT molecular complexity index is 409. The average Bonchev–Trinajstić information content (AvgIpc) is 2.72. The summed E-state index contributed by atoms with van der Waals surface area (Å²) in [4.78, 5) is 0. The monoisotopic (exact) mass is 343 g/mol. The van der Waals surface area contributed by atoms with E-state index < -0.39 is 0 Å². The lowest BCUT2D eigenvalue weighted by Gasteiger charge is -2.41. The molecule has 0 aromatic carbocycles. The summed E-state index contributed by atoms with van der Waals surface area (Å²) < 4.78 is 1.31. The lowest BCUT2D eigenvalue weighted by atomic mass is 9.65. The Labute approximate surface area is 130 Å². The SMILES string of the molecule is CC(C)NCC1CCC(C)(C)CC1c1cscc1Br. The maximum Gasteiger partial charge on any atom is 0.0317 e. The summed E-state index contributed by atoms with van der Waals surface area (Å²) in [5.74, 6) is 1.48. The molecule has 1 aromatic heterocycles. The lowest BCUT2D eigenvalue weighted by molar-refractivity contribution is 0.158. The normalized spacial score (nSPS) is 26.8. The first-order valence-corrected chi connectivity index (χ1v) is 9.07. The van der Waals surface area contributed by atoms with Crippen LogP contribution in [0, 0.1) is 11.3 Å². The first-order chi connectivity index (χ1) is 8.89. The number of hydrogen-bond acceptors (Lipinski definition) is 2. The van der Waals surface area contributed by atoms with Crippen molar-refractivity contribution in [2.75, 3.05) is 6.54 Å². The molecular formula is C16H26BrNS. The van der Waals surface area contributed by atoms with Crippen LogP contribution in [0.4, 0.5) is 0 Å². The van der Waals surface area contributed by atoms with Crippen LogP contribution < -0.4 is 5.32 Å². The highest BCUT2D eigenvalue weighted by Crippen LogP contribution is 2.48. The van der Waals surface area contributed by atoms with E-state index in [1.54, 1.807) is 0 Å². The van der Waals surface area contributed by atoms with Gasteiger partial charge in [0.25, 0.3) is 0 Å². The zero-order chi connectivity index (χ0) is 14.0. The van der Waals surface area contributed by atoms with E-state index in [2.05, 4.69) is 59.7 Å². The third kappa shape index (κ3) is 4.05. The van der Waals surface area contributed by atoms with Crippen molar-refractivity contribution in [1.29, 1.82) is 0 Å². The Hall–Kier alpha value is 0.140. The number of nitrogens with one attached hydrogen (secondary N) is 1. The van der Waals surface area contributed by atoms with Gasteiger partial charge in [-0.2, -0.15) is 11.3 Å². The molecule has 19 heavy (non-hydrogen) atoms. The highest BCUT2D eigenvalue weighted by molar-refractivity contribution is 9.10. The minimum atomic E-state index is 0.486. The van der Waals surface area contributed by atoms with Gasteiger partial charge in [0.05, 0.1) is 0 Å². The molecule has 1 heterocycles. The summed E-state index contributed by atoms with van der Waals surface area (Å²) in [5, 5.41) is 8.21. The molecule has 0 saturated heterocycles. The molecule has 1 N–H and O–H groups in total. The van der Waals surface area contributed by atoms with Crippen molar-refractivity contribution in [3.8, 4) is 0 Å². The topological polar surface area (TPSA) is 12.0 Å². The van der Waals surface area contributed by atoms with Crippen LogP contribution in [0.25, 0.3) is 0 Å². The van der Waals surface area contributed by atoms with E-state index in [1.165, 1.54) is 29.3 Å². The first kappa shape index (κ1) is 15.5. The number of halogens is 1. The van der Waals surface area contributed by atoms with Crippen molar-refractivity contribution in [3.05, 3.63) is 20.8 Å². The van der Waals surface area contributed by atoms with Crippen molar-refractivity contribution in [1.82, 2.24) is 5.32 Å². The number of thiophene rings is 1. The highest BCUT2D eigenvalue weighted by atomic mass is 79.9. The van der Waals surface area contributed by atoms with Crippen LogP contribution in [0.2, 0.25) is 0 Å². The van der Waals surface area contributed by atoms with Gasteiger partial charge in [0.2, 0.25) is 0 Å². The fourth-order valence-corrected chi connectivity index (χ4v) is 4.85. The van der Waals surface area contributed by atoms with Crippen molar-refractivity contribution in [2.45, 2.75) is 58.9 Å². The average molecular weight is 344 g/mol. The van der Waals surface area contributed by atoms with Crippen molar-refractivity contribution in [2.24, 2.45) is 11.3 Å². The predicted octanol–water partition coefficient (Wildman–Crippen LogP) is 5.42. The molecule has 1 aliphatic carbocycles. The fourth-order valence-electron chi connectivity index (χ4n) is 3.19. The van der Waals surface area contributed by atoms with E-state index in [1.807, 2.05) is 11.3 Å². The van der Waals surface area contributed by atoms with Crippen LogP contribution in [-0.4, -0.2) is 12.6 Å². The maximum absolute atomic E-state index is 3.74. The Balaban J connectivity index is 2.14. The Morgan fingerprint density at radius 3 is 2.74 bits per heavy atom. The fraction of sp³-hybridized carbons (Fsp3) is 0.750. The van der Waals surface area contributed by atoms with Gasteiger partial charge < -0.3 is 5.32 Å². The predicted molar refractivity (Wildman–Crippen MR) is 89.0 cm³/mol. The molecule has 1 saturated carbocycles. The molecule has 2 atom stereocenters. The van der Waals surface area contributed by atoms with E-state index in [-0.39, 0.29) is 0 Å². The van der Waals surface area contributed by atoms with Crippen molar-refractivity contribution >= 4 is 27.3 Å². The quantitative estimate of drug-likeness (QED) is 0.769. The van der Waals surface area contributed by atoms with Crippen LogP contribution in [0.3, 0.4) is 0 Å². The van der Waals surface area contributed by atoms with Crippen LogP contribution in [0.1, 0.15) is 58.4 Å². The zero-order valence-electron chi connectivity index (χ0n) is 12.5. The molecule has 0 spiro atoms. The molecule has 0 radical (unpaired) electrons. The minimum Gasteiger partial charge on any atom is -0.314 e. The van der Waals surface area contributed by atoms with E-state index >= 15 is 0 Å². The van der Waals surface area contributed by atoms with Gasteiger partial charge in [0.1, 0.15) is 0 Å². The van der Waals surface area contributed by atoms with Gasteiger partial charge in [-0.15, -0.1) is 0 Å². The van der Waals surface area contributed by atoms with E-state index in [0.29, 0.717) is 17.4 Å². The summed E-state index contributed by atoms with van der Waals surface area (Å²) in [7, 11) is 0. The van der Waals surface area contributed by atoms with Gasteiger partial charge >= 0.3 is 0 Å². The Morgan fingerprint density at radius 1 is 1.42 bits per heavy atom. The molecule has 0 aliphatic heterocycles.